The minimum atomic E-state index is 0.0902. The molecule has 3 heteroatoms. The maximum atomic E-state index is 9.11. The van der Waals surface area contributed by atoms with E-state index in [1.807, 2.05) is 18.2 Å². The minimum absolute atomic E-state index is 0.0902. The van der Waals surface area contributed by atoms with E-state index in [9.17, 15) is 0 Å². The van der Waals surface area contributed by atoms with Crippen LogP contribution in [-0.4, -0.2) is 12.2 Å². The van der Waals surface area contributed by atoms with Gasteiger partial charge in [0.2, 0.25) is 0 Å². The first-order valence-electron chi connectivity index (χ1n) is 6.78. The third-order valence-electron chi connectivity index (χ3n) is 3.13. The molecule has 0 aromatic heterocycles. The van der Waals surface area contributed by atoms with Crippen LogP contribution in [0.2, 0.25) is 0 Å². The van der Waals surface area contributed by atoms with Crippen LogP contribution in [0, 0.1) is 0 Å². The smallest absolute Gasteiger partial charge is 0.0713 e. The Morgan fingerprint density at radius 2 is 1.45 bits per heavy atom. The number of benzene rings is 2. The number of ether oxygens (including phenoxy) is 1. The third-order valence-corrected chi connectivity index (χ3v) is 3.13. The summed E-state index contributed by atoms with van der Waals surface area (Å²) in [6.45, 7) is 2.35. The maximum Gasteiger partial charge on any atom is 0.0713 e. The first kappa shape index (κ1) is 14.7. The number of nitrogens with one attached hydrogen (secondary N) is 1. The van der Waals surface area contributed by atoms with Gasteiger partial charge >= 0.3 is 0 Å². The molecule has 106 valence electrons. The summed E-state index contributed by atoms with van der Waals surface area (Å²) in [7, 11) is 1.71. The first-order chi connectivity index (χ1) is 9.81. The van der Waals surface area contributed by atoms with Crippen molar-refractivity contribution in [2.75, 3.05) is 7.11 Å². The summed E-state index contributed by atoms with van der Waals surface area (Å²) in [5.74, 6) is 0. The molecule has 0 atom stereocenters. The van der Waals surface area contributed by atoms with Crippen LogP contribution in [0.15, 0.2) is 48.5 Å². The Hall–Kier alpha value is -1.68. The Bertz CT molecular complexity index is 540. The quantitative estimate of drug-likeness (QED) is 0.813. The van der Waals surface area contributed by atoms with Crippen LogP contribution < -0.4 is 5.32 Å². The number of hydrogen-bond donors (Lipinski definition) is 2. The number of rotatable bonds is 7. The van der Waals surface area contributed by atoms with Gasteiger partial charge in [-0.2, -0.15) is 0 Å². The first-order valence-corrected chi connectivity index (χ1v) is 6.78. The number of methoxy groups -OCH3 is 1. The van der Waals surface area contributed by atoms with Crippen LogP contribution >= 0.6 is 0 Å². The summed E-state index contributed by atoms with van der Waals surface area (Å²) in [5.41, 5.74) is 4.57. The largest absolute Gasteiger partial charge is 0.392 e. The summed E-state index contributed by atoms with van der Waals surface area (Å²) < 4.78 is 5.14. The van der Waals surface area contributed by atoms with E-state index in [0.717, 1.165) is 18.7 Å². The van der Waals surface area contributed by atoms with Crippen molar-refractivity contribution in [3.8, 4) is 0 Å². The standard InChI is InChI=1S/C17H21NO2/c1-20-13-17-7-3-5-15(9-17)11-18-10-14-4-2-6-16(8-14)12-19/h2-9,18-19H,10-13H2,1H3. The zero-order valence-corrected chi connectivity index (χ0v) is 11.8. The van der Waals surface area contributed by atoms with Gasteiger partial charge < -0.3 is 15.2 Å². The number of aliphatic hydroxyl groups excluding tert-OH is 1. The van der Waals surface area contributed by atoms with Crippen LogP contribution in [-0.2, 0) is 31.0 Å². The minimum Gasteiger partial charge on any atom is -0.392 e. The fraction of sp³-hybridized carbons (Fsp3) is 0.294. The van der Waals surface area contributed by atoms with Crippen LogP contribution in [0.25, 0.3) is 0 Å². The van der Waals surface area contributed by atoms with Crippen molar-refractivity contribution in [3.05, 3.63) is 70.8 Å². The Morgan fingerprint density at radius 1 is 0.900 bits per heavy atom. The van der Waals surface area contributed by atoms with E-state index < -0.39 is 0 Å². The second-order valence-corrected chi connectivity index (χ2v) is 4.83. The summed E-state index contributed by atoms with van der Waals surface area (Å²) in [4.78, 5) is 0. The average molecular weight is 271 g/mol. The highest BCUT2D eigenvalue weighted by atomic mass is 16.5. The maximum absolute atomic E-state index is 9.11. The number of hydrogen-bond acceptors (Lipinski definition) is 3. The van der Waals surface area contributed by atoms with Crippen molar-refractivity contribution in [1.82, 2.24) is 5.32 Å². The van der Waals surface area contributed by atoms with E-state index >= 15 is 0 Å². The van der Waals surface area contributed by atoms with Gasteiger partial charge in [0.1, 0.15) is 0 Å². The summed E-state index contributed by atoms with van der Waals surface area (Å²) >= 11 is 0. The monoisotopic (exact) mass is 271 g/mol. The van der Waals surface area contributed by atoms with Gasteiger partial charge in [-0.25, -0.2) is 0 Å². The van der Waals surface area contributed by atoms with Crippen LogP contribution in [0.3, 0.4) is 0 Å². The Balaban J connectivity index is 1.87. The molecule has 20 heavy (non-hydrogen) atoms. The molecule has 2 aromatic rings. The zero-order chi connectivity index (χ0) is 14.2. The lowest BCUT2D eigenvalue weighted by Crippen LogP contribution is -2.13. The van der Waals surface area contributed by atoms with E-state index in [1.54, 1.807) is 7.11 Å². The van der Waals surface area contributed by atoms with Gasteiger partial charge in [0.15, 0.2) is 0 Å². The molecule has 0 fully saturated rings. The molecule has 0 heterocycles. The topological polar surface area (TPSA) is 41.5 Å². The molecule has 0 saturated heterocycles. The molecule has 3 nitrogen and oxygen atoms in total. The van der Waals surface area contributed by atoms with Crippen molar-refractivity contribution >= 4 is 0 Å². The second-order valence-electron chi connectivity index (χ2n) is 4.83. The summed E-state index contributed by atoms with van der Waals surface area (Å²) in [5, 5.41) is 12.5. The van der Waals surface area contributed by atoms with Gasteiger partial charge in [-0.05, 0) is 22.3 Å². The van der Waals surface area contributed by atoms with E-state index in [2.05, 4.69) is 35.6 Å². The normalized spacial score (nSPS) is 10.7. The lowest BCUT2D eigenvalue weighted by Gasteiger charge is -2.08. The molecule has 0 aliphatic carbocycles. The molecule has 0 aliphatic rings. The molecule has 0 amide bonds. The average Bonchev–Trinajstić information content (AvgIpc) is 2.48. The fourth-order valence-corrected chi connectivity index (χ4v) is 2.19. The molecule has 0 bridgehead atoms. The third kappa shape index (κ3) is 4.46. The highest BCUT2D eigenvalue weighted by Gasteiger charge is 1.98. The highest BCUT2D eigenvalue weighted by molar-refractivity contribution is 5.24. The predicted octanol–water partition coefficient (Wildman–Crippen LogP) is 2.62. The van der Waals surface area contributed by atoms with Gasteiger partial charge in [0.25, 0.3) is 0 Å². The molecular weight excluding hydrogens is 250 g/mol. The van der Waals surface area contributed by atoms with Gasteiger partial charge in [-0.1, -0.05) is 48.5 Å². The van der Waals surface area contributed by atoms with E-state index in [1.165, 1.54) is 16.7 Å². The molecule has 2 N–H and O–H groups in total. The molecule has 2 aromatic carbocycles. The van der Waals surface area contributed by atoms with E-state index in [0.29, 0.717) is 6.61 Å². The van der Waals surface area contributed by atoms with Crippen molar-refractivity contribution < 1.29 is 9.84 Å². The van der Waals surface area contributed by atoms with Gasteiger partial charge in [-0.3, -0.25) is 0 Å². The van der Waals surface area contributed by atoms with Gasteiger partial charge in [0, 0.05) is 20.2 Å². The molecule has 0 saturated carbocycles. The van der Waals surface area contributed by atoms with Crippen molar-refractivity contribution in [2.24, 2.45) is 0 Å². The Kier molecular flexibility index (Phi) is 5.74. The number of aliphatic hydroxyl groups is 1. The molecule has 0 radical (unpaired) electrons. The zero-order valence-electron chi connectivity index (χ0n) is 11.8. The summed E-state index contributed by atoms with van der Waals surface area (Å²) in [6, 6.07) is 16.4. The predicted molar refractivity (Wildman–Crippen MR) is 80.1 cm³/mol. The van der Waals surface area contributed by atoms with Gasteiger partial charge in [-0.15, -0.1) is 0 Å². The lowest BCUT2D eigenvalue weighted by atomic mass is 10.1. The van der Waals surface area contributed by atoms with Crippen LogP contribution in [0.5, 0.6) is 0 Å². The SMILES string of the molecule is COCc1cccc(CNCc2cccc(CO)c2)c1. The lowest BCUT2D eigenvalue weighted by molar-refractivity contribution is 0.185. The van der Waals surface area contributed by atoms with E-state index in [4.69, 9.17) is 9.84 Å². The molecule has 0 aliphatic heterocycles. The van der Waals surface area contributed by atoms with Crippen LogP contribution in [0.1, 0.15) is 22.3 Å². The second kappa shape index (κ2) is 7.80. The van der Waals surface area contributed by atoms with Crippen LogP contribution in [0.4, 0.5) is 0 Å². The molecule has 2 rings (SSSR count). The fourth-order valence-electron chi connectivity index (χ4n) is 2.19. The molecule has 0 unspecified atom stereocenters. The Morgan fingerprint density at radius 3 is 2.05 bits per heavy atom. The molecular formula is C17H21NO2. The highest BCUT2D eigenvalue weighted by Crippen LogP contribution is 2.08. The summed E-state index contributed by atoms with van der Waals surface area (Å²) in [6.07, 6.45) is 0. The van der Waals surface area contributed by atoms with Crippen molar-refractivity contribution in [3.63, 3.8) is 0 Å². The van der Waals surface area contributed by atoms with Crippen molar-refractivity contribution in [2.45, 2.75) is 26.3 Å². The Labute approximate surface area is 120 Å². The molecule has 0 spiro atoms. The van der Waals surface area contributed by atoms with Crippen molar-refractivity contribution in [1.29, 1.82) is 0 Å². The van der Waals surface area contributed by atoms with E-state index in [-0.39, 0.29) is 6.61 Å². The van der Waals surface area contributed by atoms with Gasteiger partial charge in [0.05, 0.1) is 13.2 Å².